The summed E-state index contributed by atoms with van der Waals surface area (Å²) in [5.41, 5.74) is 0.556. The summed E-state index contributed by atoms with van der Waals surface area (Å²) < 4.78 is 15.2. The fourth-order valence-corrected chi connectivity index (χ4v) is 3.70. The van der Waals surface area contributed by atoms with Gasteiger partial charge in [0, 0.05) is 4.90 Å². The normalized spacial score (nSPS) is 17.3. The van der Waals surface area contributed by atoms with Gasteiger partial charge < -0.3 is 5.11 Å². The fraction of sp³-hybridized carbons (Fsp3) is 0.500. The fourth-order valence-electron chi connectivity index (χ4n) is 2.67. The zero-order valence-electron chi connectivity index (χ0n) is 11.7. The third kappa shape index (κ3) is 3.08. The van der Waals surface area contributed by atoms with Gasteiger partial charge in [-0.1, -0.05) is 12.8 Å². The lowest BCUT2D eigenvalue weighted by Gasteiger charge is -2.13. The van der Waals surface area contributed by atoms with E-state index in [2.05, 4.69) is 15.5 Å². The topological polar surface area (TPSA) is 63.8 Å². The largest absolute Gasteiger partial charge is 0.389 e. The molecule has 1 N–H and O–H groups in total. The number of nitrogens with zero attached hydrogens (tertiary/aromatic N) is 4. The van der Waals surface area contributed by atoms with Crippen LogP contribution in [0.5, 0.6) is 0 Å². The number of hydrogen-bond donors (Lipinski definition) is 1. The second-order valence-corrected chi connectivity index (χ2v) is 6.31. The Bertz CT molecular complexity index is 625. The molecule has 1 aromatic carbocycles. The van der Waals surface area contributed by atoms with Crippen LogP contribution in [0.1, 0.15) is 50.3 Å². The van der Waals surface area contributed by atoms with Crippen molar-refractivity contribution in [2.75, 3.05) is 0 Å². The monoisotopic (exact) mass is 308 g/mol. The minimum atomic E-state index is -0.737. The van der Waals surface area contributed by atoms with Crippen LogP contribution in [0.25, 0.3) is 0 Å². The summed E-state index contributed by atoms with van der Waals surface area (Å²) in [6, 6.07) is 4.75. The third-order valence-corrected chi connectivity index (χ3v) is 4.80. The van der Waals surface area contributed by atoms with Gasteiger partial charge in [-0.2, -0.15) is 0 Å². The van der Waals surface area contributed by atoms with Crippen molar-refractivity contribution >= 4 is 11.8 Å². The van der Waals surface area contributed by atoms with E-state index in [1.54, 1.807) is 13.0 Å². The maximum absolute atomic E-state index is 13.3. The van der Waals surface area contributed by atoms with Crippen molar-refractivity contribution < 1.29 is 9.50 Å². The van der Waals surface area contributed by atoms with Crippen molar-refractivity contribution in [3.05, 3.63) is 29.6 Å². The number of aliphatic hydroxyl groups is 1. The molecule has 21 heavy (non-hydrogen) atoms. The highest BCUT2D eigenvalue weighted by atomic mass is 32.2. The van der Waals surface area contributed by atoms with Crippen molar-refractivity contribution in [2.24, 2.45) is 0 Å². The van der Waals surface area contributed by atoms with Crippen molar-refractivity contribution in [1.82, 2.24) is 20.2 Å². The van der Waals surface area contributed by atoms with Crippen LogP contribution in [0.4, 0.5) is 4.39 Å². The number of benzene rings is 1. The predicted molar refractivity (Wildman–Crippen MR) is 76.5 cm³/mol. The highest BCUT2D eigenvalue weighted by Gasteiger charge is 2.22. The maximum atomic E-state index is 13.3. The van der Waals surface area contributed by atoms with Crippen LogP contribution < -0.4 is 0 Å². The Morgan fingerprint density at radius 2 is 2.14 bits per heavy atom. The summed E-state index contributed by atoms with van der Waals surface area (Å²) in [6.45, 7) is 1.62. The van der Waals surface area contributed by atoms with Gasteiger partial charge in [-0.3, -0.25) is 0 Å². The molecular weight excluding hydrogens is 291 g/mol. The maximum Gasteiger partial charge on any atom is 0.214 e. The number of halogens is 1. The van der Waals surface area contributed by atoms with E-state index in [9.17, 15) is 9.50 Å². The molecule has 0 radical (unpaired) electrons. The Morgan fingerprint density at radius 3 is 2.86 bits per heavy atom. The molecule has 1 aliphatic rings. The number of hydrogen-bond acceptors (Lipinski definition) is 5. The van der Waals surface area contributed by atoms with E-state index in [4.69, 9.17) is 0 Å². The summed E-state index contributed by atoms with van der Waals surface area (Å²) in [4.78, 5) is 0.778. The predicted octanol–water partition coefficient (Wildman–Crippen LogP) is 3.13. The lowest BCUT2D eigenvalue weighted by Crippen LogP contribution is -2.08. The molecule has 1 aliphatic carbocycles. The molecular formula is C14H17FN4OS. The van der Waals surface area contributed by atoms with E-state index in [0.717, 1.165) is 17.7 Å². The van der Waals surface area contributed by atoms with Gasteiger partial charge in [-0.15, -0.1) is 5.10 Å². The smallest absolute Gasteiger partial charge is 0.214 e. The van der Waals surface area contributed by atoms with Crippen molar-refractivity contribution in [2.45, 2.75) is 54.8 Å². The van der Waals surface area contributed by atoms with Crippen LogP contribution in [0, 0.1) is 5.82 Å². The molecule has 112 valence electrons. The van der Waals surface area contributed by atoms with Gasteiger partial charge in [0.2, 0.25) is 5.16 Å². The van der Waals surface area contributed by atoms with Crippen LogP contribution in [0.3, 0.4) is 0 Å². The number of aliphatic hydroxyl groups excluding tert-OH is 1. The van der Waals surface area contributed by atoms with Gasteiger partial charge in [-0.05, 0) is 65.7 Å². The average molecular weight is 308 g/mol. The highest BCUT2D eigenvalue weighted by Crippen LogP contribution is 2.36. The molecule has 0 aliphatic heterocycles. The zero-order valence-corrected chi connectivity index (χ0v) is 12.6. The lowest BCUT2D eigenvalue weighted by molar-refractivity contribution is 0.196. The molecule has 1 aromatic heterocycles. The van der Waals surface area contributed by atoms with Crippen LogP contribution in [0.15, 0.2) is 28.3 Å². The Morgan fingerprint density at radius 1 is 1.38 bits per heavy atom. The third-order valence-electron chi connectivity index (χ3n) is 3.76. The van der Waals surface area contributed by atoms with Gasteiger partial charge in [0.25, 0.3) is 0 Å². The summed E-state index contributed by atoms with van der Waals surface area (Å²) in [5.74, 6) is -0.356. The molecule has 0 spiro atoms. The molecule has 0 amide bonds. The number of aromatic nitrogens is 4. The van der Waals surface area contributed by atoms with E-state index in [0.29, 0.717) is 16.8 Å². The molecule has 1 fully saturated rings. The van der Waals surface area contributed by atoms with Crippen LogP contribution in [-0.2, 0) is 0 Å². The van der Waals surface area contributed by atoms with Crippen molar-refractivity contribution in [1.29, 1.82) is 0 Å². The minimum Gasteiger partial charge on any atom is -0.389 e. The number of tetrazole rings is 1. The summed E-state index contributed by atoms with van der Waals surface area (Å²) in [6.07, 6.45) is 3.84. The molecule has 0 bridgehead atoms. The van der Waals surface area contributed by atoms with E-state index >= 15 is 0 Å². The molecule has 1 unspecified atom stereocenters. The van der Waals surface area contributed by atoms with Crippen molar-refractivity contribution in [3.8, 4) is 0 Å². The first-order chi connectivity index (χ1) is 10.1. The molecule has 3 rings (SSSR count). The Kier molecular flexibility index (Phi) is 4.21. The molecule has 2 aromatic rings. The lowest BCUT2D eigenvalue weighted by atomic mass is 10.1. The molecule has 5 nitrogen and oxygen atoms in total. The van der Waals surface area contributed by atoms with Crippen LogP contribution in [-0.4, -0.2) is 25.3 Å². The minimum absolute atomic E-state index is 0.345. The number of rotatable bonds is 4. The molecule has 1 saturated carbocycles. The molecule has 1 heterocycles. The zero-order chi connectivity index (χ0) is 14.8. The summed E-state index contributed by atoms with van der Waals surface area (Å²) in [7, 11) is 0. The van der Waals surface area contributed by atoms with E-state index in [-0.39, 0.29) is 5.82 Å². The van der Waals surface area contributed by atoms with E-state index in [1.165, 1.54) is 36.7 Å². The van der Waals surface area contributed by atoms with E-state index < -0.39 is 6.10 Å². The van der Waals surface area contributed by atoms with Gasteiger partial charge in [-0.25, -0.2) is 9.07 Å². The second-order valence-electron chi connectivity index (χ2n) is 5.30. The summed E-state index contributed by atoms with van der Waals surface area (Å²) >= 11 is 1.37. The van der Waals surface area contributed by atoms with E-state index in [1.807, 2.05) is 4.68 Å². The van der Waals surface area contributed by atoms with Gasteiger partial charge in [0.05, 0.1) is 12.1 Å². The molecule has 0 saturated heterocycles. The molecule has 7 heteroatoms. The highest BCUT2D eigenvalue weighted by molar-refractivity contribution is 7.99. The van der Waals surface area contributed by atoms with Crippen LogP contribution in [0.2, 0.25) is 0 Å². The quantitative estimate of drug-likeness (QED) is 0.940. The van der Waals surface area contributed by atoms with Gasteiger partial charge >= 0.3 is 0 Å². The van der Waals surface area contributed by atoms with Gasteiger partial charge in [0.15, 0.2) is 0 Å². The Labute approximate surface area is 126 Å². The first kappa shape index (κ1) is 14.5. The second kappa shape index (κ2) is 6.11. The SMILES string of the molecule is CC(O)c1cc(F)ccc1Sc1nnnn1C1CCCC1. The standard InChI is InChI=1S/C14H17FN4OS/c1-9(20)12-8-10(15)6-7-13(12)21-14-16-17-18-19(14)11-4-2-3-5-11/h6-9,11,20H,2-5H2,1H3. The first-order valence-electron chi connectivity index (χ1n) is 7.08. The Balaban J connectivity index is 1.89. The molecule has 1 atom stereocenters. The Hall–Kier alpha value is -1.47. The average Bonchev–Trinajstić information content (AvgIpc) is 3.11. The van der Waals surface area contributed by atoms with Crippen molar-refractivity contribution in [3.63, 3.8) is 0 Å². The first-order valence-corrected chi connectivity index (χ1v) is 7.90. The summed E-state index contributed by atoms with van der Waals surface area (Å²) in [5, 5.41) is 22.4. The van der Waals surface area contributed by atoms with Crippen LogP contribution >= 0.6 is 11.8 Å². The van der Waals surface area contributed by atoms with Gasteiger partial charge in [0.1, 0.15) is 5.82 Å².